The van der Waals surface area contributed by atoms with Gasteiger partial charge in [0.2, 0.25) is 0 Å². The first-order valence-electron chi connectivity index (χ1n) is 5.40. The van der Waals surface area contributed by atoms with Crippen LogP contribution < -0.4 is 0 Å². The van der Waals surface area contributed by atoms with Crippen LogP contribution in [0.15, 0.2) is 0 Å². The minimum Gasteiger partial charge on any atom is -0.469 e. The van der Waals surface area contributed by atoms with Gasteiger partial charge in [-0.2, -0.15) is 0 Å². The minimum atomic E-state index is -0.697. The van der Waals surface area contributed by atoms with Crippen molar-refractivity contribution in [3.05, 3.63) is 0 Å². The number of hydrogen-bond donors (Lipinski definition) is 0. The molecule has 1 aliphatic rings. The van der Waals surface area contributed by atoms with Crippen LogP contribution >= 0.6 is 0 Å². The molecule has 0 aromatic heterocycles. The lowest BCUT2D eigenvalue weighted by atomic mass is 9.89. The van der Waals surface area contributed by atoms with E-state index in [4.69, 9.17) is 14.2 Å². The molecule has 0 aromatic carbocycles. The summed E-state index contributed by atoms with van der Waals surface area (Å²) in [5.74, 6) is -0.662. The van der Waals surface area contributed by atoms with Gasteiger partial charge in [-0.05, 0) is 13.3 Å². The fourth-order valence-electron chi connectivity index (χ4n) is 1.46. The molecule has 5 nitrogen and oxygen atoms in total. The van der Waals surface area contributed by atoms with E-state index in [0.717, 1.165) is 0 Å². The largest absolute Gasteiger partial charge is 0.469 e. The summed E-state index contributed by atoms with van der Waals surface area (Å²) in [6.07, 6.45) is 0.622. The first kappa shape index (κ1) is 13.0. The maximum absolute atomic E-state index is 11.5. The Bertz CT molecular complexity index is 276. The van der Waals surface area contributed by atoms with Crippen molar-refractivity contribution in [1.82, 2.24) is 0 Å². The molecular weight excluding hydrogens is 212 g/mol. The molecule has 0 bridgehead atoms. The number of esters is 2. The van der Waals surface area contributed by atoms with Crippen molar-refractivity contribution in [2.45, 2.75) is 32.8 Å². The van der Waals surface area contributed by atoms with Crippen LogP contribution in [-0.2, 0) is 23.8 Å². The summed E-state index contributed by atoms with van der Waals surface area (Å²) >= 11 is 0. The molecule has 0 N–H and O–H groups in total. The monoisotopic (exact) mass is 230 g/mol. The second kappa shape index (κ2) is 5.30. The standard InChI is InChI=1S/C11H18O5/c1-4-11(2,10(13)14-3)7-16-8-5-6-15-9(8)12/h8H,4-7H2,1-3H3. The van der Waals surface area contributed by atoms with Crippen molar-refractivity contribution in [2.24, 2.45) is 5.41 Å². The average Bonchev–Trinajstić information content (AvgIpc) is 2.70. The summed E-state index contributed by atoms with van der Waals surface area (Å²) in [5, 5.41) is 0. The lowest BCUT2D eigenvalue weighted by Crippen LogP contribution is -2.36. The van der Waals surface area contributed by atoms with E-state index >= 15 is 0 Å². The number of hydrogen-bond acceptors (Lipinski definition) is 5. The molecule has 1 rings (SSSR count). The minimum absolute atomic E-state index is 0.177. The Kier molecular flexibility index (Phi) is 4.29. The maximum Gasteiger partial charge on any atom is 0.335 e. The number of methoxy groups -OCH3 is 1. The summed E-state index contributed by atoms with van der Waals surface area (Å²) in [5.41, 5.74) is -0.697. The topological polar surface area (TPSA) is 61.8 Å². The highest BCUT2D eigenvalue weighted by Gasteiger charge is 2.36. The summed E-state index contributed by atoms with van der Waals surface area (Å²) in [6, 6.07) is 0. The highest BCUT2D eigenvalue weighted by molar-refractivity contribution is 5.77. The molecule has 0 radical (unpaired) electrons. The predicted octanol–water partition coefficient (Wildman–Crippen LogP) is 0.908. The van der Waals surface area contributed by atoms with E-state index in [1.54, 1.807) is 6.92 Å². The number of ether oxygens (including phenoxy) is 3. The Morgan fingerprint density at radius 2 is 2.31 bits per heavy atom. The Morgan fingerprint density at radius 3 is 2.75 bits per heavy atom. The van der Waals surface area contributed by atoms with Gasteiger partial charge < -0.3 is 14.2 Å². The zero-order valence-corrected chi connectivity index (χ0v) is 9.95. The van der Waals surface area contributed by atoms with Crippen LogP contribution in [-0.4, -0.2) is 38.4 Å². The smallest absolute Gasteiger partial charge is 0.335 e. The van der Waals surface area contributed by atoms with E-state index in [2.05, 4.69) is 0 Å². The molecule has 16 heavy (non-hydrogen) atoms. The van der Waals surface area contributed by atoms with Crippen molar-refractivity contribution in [1.29, 1.82) is 0 Å². The van der Waals surface area contributed by atoms with Crippen LogP contribution in [0.3, 0.4) is 0 Å². The lowest BCUT2D eigenvalue weighted by molar-refractivity contribution is -0.161. The van der Waals surface area contributed by atoms with Crippen LogP contribution in [0.2, 0.25) is 0 Å². The first-order chi connectivity index (χ1) is 7.53. The molecule has 1 heterocycles. The third-order valence-corrected chi connectivity index (χ3v) is 2.95. The third-order valence-electron chi connectivity index (χ3n) is 2.95. The van der Waals surface area contributed by atoms with Crippen LogP contribution in [0, 0.1) is 5.41 Å². The zero-order valence-electron chi connectivity index (χ0n) is 9.95. The molecule has 0 aliphatic carbocycles. The van der Waals surface area contributed by atoms with Crippen molar-refractivity contribution >= 4 is 11.9 Å². The van der Waals surface area contributed by atoms with Crippen LogP contribution in [0.25, 0.3) is 0 Å². The van der Waals surface area contributed by atoms with Crippen molar-refractivity contribution in [2.75, 3.05) is 20.3 Å². The van der Waals surface area contributed by atoms with E-state index in [-0.39, 0.29) is 18.5 Å². The van der Waals surface area contributed by atoms with E-state index in [9.17, 15) is 9.59 Å². The number of carbonyl (C=O) groups is 2. The Balaban J connectivity index is 2.50. The number of rotatable bonds is 5. The summed E-state index contributed by atoms with van der Waals surface area (Å²) < 4.78 is 14.9. The number of carbonyl (C=O) groups excluding carboxylic acids is 2. The van der Waals surface area contributed by atoms with Gasteiger partial charge in [0.15, 0.2) is 6.10 Å². The van der Waals surface area contributed by atoms with Gasteiger partial charge in [-0.3, -0.25) is 4.79 Å². The van der Waals surface area contributed by atoms with E-state index in [0.29, 0.717) is 19.4 Å². The van der Waals surface area contributed by atoms with Crippen molar-refractivity contribution in [3.63, 3.8) is 0 Å². The quantitative estimate of drug-likeness (QED) is 0.657. The molecule has 5 heteroatoms. The van der Waals surface area contributed by atoms with Gasteiger partial charge in [-0.1, -0.05) is 6.92 Å². The molecule has 1 fully saturated rings. The lowest BCUT2D eigenvalue weighted by Gasteiger charge is -2.25. The zero-order chi connectivity index (χ0) is 12.2. The van der Waals surface area contributed by atoms with Gasteiger partial charge >= 0.3 is 11.9 Å². The molecule has 92 valence electrons. The summed E-state index contributed by atoms with van der Waals surface area (Å²) in [7, 11) is 1.35. The third kappa shape index (κ3) is 2.72. The van der Waals surface area contributed by atoms with Gasteiger partial charge in [0.1, 0.15) is 0 Å². The highest BCUT2D eigenvalue weighted by Crippen LogP contribution is 2.25. The van der Waals surface area contributed by atoms with Gasteiger partial charge in [0.25, 0.3) is 0 Å². The fourth-order valence-corrected chi connectivity index (χ4v) is 1.46. The SMILES string of the molecule is CCC(C)(COC1CCOC1=O)C(=O)OC. The molecule has 1 aliphatic heterocycles. The first-order valence-corrected chi connectivity index (χ1v) is 5.40. The predicted molar refractivity (Wildman–Crippen MR) is 55.7 cm³/mol. The Labute approximate surface area is 95.0 Å². The van der Waals surface area contributed by atoms with Gasteiger partial charge in [-0.25, -0.2) is 4.79 Å². The summed E-state index contributed by atoms with van der Waals surface area (Å²) in [6.45, 7) is 4.22. The Morgan fingerprint density at radius 1 is 1.62 bits per heavy atom. The average molecular weight is 230 g/mol. The van der Waals surface area contributed by atoms with Crippen LogP contribution in [0.1, 0.15) is 26.7 Å². The summed E-state index contributed by atoms with van der Waals surface area (Å²) in [4.78, 5) is 22.7. The molecule has 0 spiro atoms. The molecule has 0 saturated carbocycles. The van der Waals surface area contributed by atoms with Gasteiger partial charge in [0, 0.05) is 6.42 Å². The Hall–Kier alpha value is -1.10. The molecule has 2 atom stereocenters. The molecular formula is C11H18O5. The molecule has 0 aromatic rings. The second-order valence-electron chi connectivity index (χ2n) is 4.16. The van der Waals surface area contributed by atoms with E-state index in [1.807, 2.05) is 6.92 Å². The highest BCUT2D eigenvalue weighted by atomic mass is 16.6. The normalized spacial score (nSPS) is 23.7. The van der Waals surface area contributed by atoms with Crippen molar-refractivity contribution < 1.29 is 23.8 Å². The van der Waals surface area contributed by atoms with Gasteiger partial charge in [0.05, 0.1) is 25.7 Å². The van der Waals surface area contributed by atoms with E-state index < -0.39 is 11.5 Å². The fraction of sp³-hybridized carbons (Fsp3) is 0.818. The van der Waals surface area contributed by atoms with Crippen LogP contribution in [0.4, 0.5) is 0 Å². The van der Waals surface area contributed by atoms with Gasteiger partial charge in [-0.15, -0.1) is 0 Å². The second-order valence-corrected chi connectivity index (χ2v) is 4.16. The maximum atomic E-state index is 11.5. The molecule has 1 saturated heterocycles. The van der Waals surface area contributed by atoms with E-state index in [1.165, 1.54) is 7.11 Å². The molecule has 2 unspecified atom stereocenters. The number of cyclic esters (lactones) is 1. The molecule has 0 amide bonds. The van der Waals surface area contributed by atoms with Crippen molar-refractivity contribution in [3.8, 4) is 0 Å². The van der Waals surface area contributed by atoms with Crippen LogP contribution in [0.5, 0.6) is 0 Å².